The summed E-state index contributed by atoms with van der Waals surface area (Å²) in [6, 6.07) is 0. The lowest BCUT2D eigenvalue weighted by Gasteiger charge is -2.18. The number of ether oxygens (including phenoxy) is 3. The quantitative estimate of drug-likeness (QED) is 0.0262. The van der Waals surface area contributed by atoms with Gasteiger partial charge in [0.05, 0.1) is 0 Å². The minimum atomic E-state index is -0.839. The molecule has 374 valence electrons. The smallest absolute Gasteiger partial charge is 0.306 e. The summed E-state index contributed by atoms with van der Waals surface area (Å²) in [4.78, 5) is 38.0. The van der Waals surface area contributed by atoms with Gasteiger partial charge in [0.1, 0.15) is 13.2 Å². The Morgan fingerprint density at radius 2 is 0.591 bits per heavy atom. The Morgan fingerprint density at radius 3 is 0.970 bits per heavy atom. The number of carbonyl (C=O) groups excluding carboxylic acids is 3. The Bertz CT molecular complexity index is 1370. The fraction of sp³-hybridized carbons (Fsp3) is 0.650. The summed E-state index contributed by atoms with van der Waals surface area (Å²) in [6.45, 7) is 6.46. The van der Waals surface area contributed by atoms with Crippen LogP contribution >= 0.6 is 0 Å². The maximum Gasteiger partial charge on any atom is 0.306 e. The normalized spacial score (nSPS) is 13.0. The molecule has 6 heteroatoms. The second-order valence-electron chi connectivity index (χ2n) is 17.4. The zero-order chi connectivity index (χ0) is 47.9. The first-order valence-corrected chi connectivity index (χ1v) is 26.9. The van der Waals surface area contributed by atoms with Crippen molar-refractivity contribution in [2.45, 2.75) is 239 Å². The van der Waals surface area contributed by atoms with E-state index in [4.69, 9.17) is 14.2 Å². The summed E-state index contributed by atoms with van der Waals surface area (Å²) in [6.07, 6.45) is 72.3. The van der Waals surface area contributed by atoms with Gasteiger partial charge in [-0.25, -0.2) is 0 Å². The Balaban J connectivity index is 4.59. The third-order valence-electron chi connectivity index (χ3n) is 11.0. The van der Waals surface area contributed by atoms with Gasteiger partial charge in [0.15, 0.2) is 6.10 Å². The molecule has 0 fully saturated rings. The summed E-state index contributed by atoms with van der Waals surface area (Å²) in [5, 5.41) is 0. The van der Waals surface area contributed by atoms with E-state index in [-0.39, 0.29) is 38.0 Å². The average molecular weight is 915 g/mol. The van der Waals surface area contributed by atoms with Crippen molar-refractivity contribution in [2.75, 3.05) is 13.2 Å². The van der Waals surface area contributed by atoms with Gasteiger partial charge in [0.25, 0.3) is 0 Å². The zero-order valence-electron chi connectivity index (χ0n) is 42.7. The van der Waals surface area contributed by atoms with Gasteiger partial charge < -0.3 is 14.2 Å². The van der Waals surface area contributed by atoms with Crippen LogP contribution in [0.15, 0.2) is 109 Å². The van der Waals surface area contributed by atoms with Gasteiger partial charge >= 0.3 is 17.9 Å². The topological polar surface area (TPSA) is 78.9 Å². The molecule has 0 aliphatic heterocycles. The van der Waals surface area contributed by atoms with Crippen LogP contribution in [0.25, 0.3) is 0 Å². The molecule has 0 saturated carbocycles. The number of rotatable bonds is 47. The molecule has 0 aromatic heterocycles. The highest BCUT2D eigenvalue weighted by atomic mass is 16.6. The Hall–Kier alpha value is -3.93. The maximum absolute atomic E-state index is 12.8. The first-order chi connectivity index (χ1) is 32.5. The standard InChI is InChI=1S/C60H98O6/c1-4-7-10-13-16-19-22-25-27-29-30-32-34-36-39-42-45-48-51-54-60(63)66-57(55-64-58(61)52-49-46-43-40-37-24-21-18-15-12-9-6-3)56-65-59(62)53-50-47-44-41-38-35-33-31-28-26-23-20-17-14-11-8-5-2/h16-17,19-20,25-28,30,32-33,35-36,39,41,44-45,48,57H,4-15,18,21-24,29,31,34,37-38,40,42-43,46-47,49-56H2,1-3H3/b19-16-,20-17-,27-25-,28-26-,32-30-,35-33-,39-36-,44-41-,48-45-/t57-/m0/s1. The van der Waals surface area contributed by atoms with Gasteiger partial charge in [0, 0.05) is 19.3 Å². The fourth-order valence-corrected chi connectivity index (χ4v) is 6.95. The van der Waals surface area contributed by atoms with E-state index < -0.39 is 12.1 Å². The second-order valence-corrected chi connectivity index (χ2v) is 17.4. The van der Waals surface area contributed by atoms with Gasteiger partial charge in [-0.3, -0.25) is 14.4 Å². The molecule has 0 unspecified atom stereocenters. The molecule has 0 heterocycles. The van der Waals surface area contributed by atoms with Crippen LogP contribution in [-0.4, -0.2) is 37.2 Å². The molecular weight excluding hydrogens is 817 g/mol. The lowest BCUT2D eigenvalue weighted by atomic mass is 10.0. The van der Waals surface area contributed by atoms with E-state index in [1.165, 1.54) is 109 Å². The third-order valence-corrected chi connectivity index (χ3v) is 11.0. The first-order valence-electron chi connectivity index (χ1n) is 26.9. The van der Waals surface area contributed by atoms with Crippen LogP contribution < -0.4 is 0 Å². The molecule has 0 spiro atoms. The van der Waals surface area contributed by atoms with Crippen molar-refractivity contribution in [2.24, 2.45) is 0 Å². The van der Waals surface area contributed by atoms with Crippen LogP contribution in [0.1, 0.15) is 233 Å². The van der Waals surface area contributed by atoms with Crippen LogP contribution in [0, 0.1) is 0 Å². The molecule has 0 aromatic rings. The van der Waals surface area contributed by atoms with E-state index in [0.29, 0.717) is 19.3 Å². The predicted molar refractivity (Wildman–Crippen MR) is 283 cm³/mol. The molecule has 0 aromatic carbocycles. The Labute approximate surface area is 406 Å². The molecule has 6 nitrogen and oxygen atoms in total. The highest BCUT2D eigenvalue weighted by molar-refractivity contribution is 5.71. The van der Waals surface area contributed by atoms with Gasteiger partial charge in [-0.1, -0.05) is 226 Å². The van der Waals surface area contributed by atoms with E-state index in [9.17, 15) is 14.4 Å². The molecule has 0 aliphatic rings. The predicted octanol–water partition coefficient (Wildman–Crippen LogP) is 17.9. The average Bonchev–Trinajstić information content (AvgIpc) is 3.31. The van der Waals surface area contributed by atoms with E-state index in [0.717, 1.165) is 70.6 Å². The van der Waals surface area contributed by atoms with Gasteiger partial charge in [-0.05, 0) is 96.3 Å². The fourth-order valence-electron chi connectivity index (χ4n) is 6.95. The summed E-state index contributed by atoms with van der Waals surface area (Å²) >= 11 is 0. The van der Waals surface area contributed by atoms with Crippen LogP contribution in [0.5, 0.6) is 0 Å². The van der Waals surface area contributed by atoms with Crippen LogP contribution in [0.2, 0.25) is 0 Å². The van der Waals surface area contributed by atoms with E-state index in [2.05, 4.69) is 118 Å². The summed E-state index contributed by atoms with van der Waals surface area (Å²) < 4.78 is 16.7. The van der Waals surface area contributed by atoms with Crippen LogP contribution in [-0.2, 0) is 28.6 Å². The van der Waals surface area contributed by atoms with Crippen molar-refractivity contribution in [3.05, 3.63) is 109 Å². The molecule has 1 atom stereocenters. The number of hydrogen-bond donors (Lipinski definition) is 0. The SMILES string of the molecule is CCCCC/C=C\C/C=C\C/C=C\C/C=C\C/C=C\CCC(=O)O[C@H](COC(=O)CCC/C=C\C/C=C\C/C=C\C/C=C\CCCCC)COC(=O)CCCCCCCCCCCCCC. The molecule has 0 radical (unpaired) electrons. The minimum Gasteiger partial charge on any atom is -0.462 e. The molecule has 0 N–H and O–H groups in total. The highest BCUT2D eigenvalue weighted by Gasteiger charge is 2.19. The first kappa shape index (κ1) is 62.1. The lowest BCUT2D eigenvalue weighted by molar-refractivity contribution is -0.166. The second kappa shape index (κ2) is 53.7. The monoisotopic (exact) mass is 915 g/mol. The van der Waals surface area contributed by atoms with Gasteiger partial charge in [-0.2, -0.15) is 0 Å². The number of esters is 3. The lowest BCUT2D eigenvalue weighted by Crippen LogP contribution is -2.30. The van der Waals surface area contributed by atoms with Crippen molar-refractivity contribution < 1.29 is 28.6 Å². The van der Waals surface area contributed by atoms with Crippen LogP contribution in [0.4, 0.5) is 0 Å². The molecule has 0 bridgehead atoms. The molecule has 0 rings (SSSR count). The van der Waals surface area contributed by atoms with Crippen molar-refractivity contribution >= 4 is 17.9 Å². The minimum absolute atomic E-state index is 0.125. The van der Waals surface area contributed by atoms with E-state index in [1.807, 2.05) is 12.2 Å². The largest absolute Gasteiger partial charge is 0.462 e. The molecule has 0 saturated heterocycles. The summed E-state index contributed by atoms with van der Waals surface area (Å²) in [5.41, 5.74) is 0. The van der Waals surface area contributed by atoms with E-state index >= 15 is 0 Å². The van der Waals surface area contributed by atoms with Crippen molar-refractivity contribution in [1.29, 1.82) is 0 Å². The summed E-state index contributed by atoms with van der Waals surface area (Å²) in [7, 11) is 0. The Kier molecular flexibility index (Phi) is 50.5. The zero-order valence-corrected chi connectivity index (χ0v) is 42.7. The highest BCUT2D eigenvalue weighted by Crippen LogP contribution is 2.13. The van der Waals surface area contributed by atoms with Crippen molar-refractivity contribution in [1.82, 2.24) is 0 Å². The Morgan fingerprint density at radius 1 is 0.303 bits per heavy atom. The maximum atomic E-state index is 12.8. The van der Waals surface area contributed by atoms with Gasteiger partial charge in [-0.15, -0.1) is 0 Å². The molecular formula is C60H98O6. The number of carbonyl (C=O) groups is 3. The van der Waals surface area contributed by atoms with E-state index in [1.54, 1.807) is 0 Å². The molecule has 0 aliphatic carbocycles. The number of allylic oxidation sites excluding steroid dienone is 18. The number of unbranched alkanes of at least 4 members (excludes halogenated alkanes) is 18. The molecule has 0 amide bonds. The van der Waals surface area contributed by atoms with Gasteiger partial charge in [0.2, 0.25) is 0 Å². The number of hydrogen-bond acceptors (Lipinski definition) is 6. The van der Waals surface area contributed by atoms with Crippen LogP contribution in [0.3, 0.4) is 0 Å². The van der Waals surface area contributed by atoms with Crippen molar-refractivity contribution in [3.8, 4) is 0 Å². The van der Waals surface area contributed by atoms with Crippen molar-refractivity contribution in [3.63, 3.8) is 0 Å². The summed E-state index contributed by atoms with van der Waals surface area (Å²) in [5.74, 6) is -1.07. The third kappa shape index (κ3) is 51.1. The molecule has 66 heavy (non-hydrogen) atoms.